The lowest BCUT2D eigenvalue weighted by molar-refractivity contribution is 0.0659. The molecule has 1 amide bonds. The van der Waals surface area contributed by atoms with Gasteiger partial charge < -0.3 is 24.3 Å². The number of benzene rings is 1. The smallest absolute Gasteiger partial charge is 0.371 e. The first kappa shape index (κ1) is 18.8. The van der Waals surface area contributed by atoms with Crippen molar-refractivity contribution in [3.63, 3.8) is 0 Å². The summed E-state index contributed by atoms with van der Waals surface area (Å²) in [7, 11) is 1.58. The first-order valence-corrected chi connectivity index (χ1v) is 8.96. The number of furan rings is 1. The quantitative estimate of drug-likeness (QED) is 0.766. The van der Waals surface area contributed by atoms with Crippen LogP contribution in [0.2, 0.25) is 0 Å². The number of carboxylic acid groups (broad SMARTS) is 1. The summed E-state index contributed by atoms with van der Waals surface area (Å²) in [5.41, 5.74) is 0.837. The number of ether oxygens (including phenoxy) is 2. The Labute approximate surface area is 157 Å². The standard InChI is InChI=1S/C20H23NO6/c1-12(21-19(22)16-9-10-17(27-16)20(23)24)13-7-8-15(18(11-13)25-2)26-14-5-3-4-6-14/h7-12,14H,3-6H2,1-2H3,(H,21,22)(H,23,24). The van der Waals surface area contributed by atoms with Crippen molar-refractivity contribution < 1.29 is 28.6 Å². The zero-order chi connectivity index (χ0) is 19.4. The van der Waals surface area contributed by atoms with Crippen LogP contribution in [0.15, 0.2) is 34.7 Å². The second-order valence-electron chi connectivity index (χ2n) is 6.60. The molecule has 0 aliphatic heterocycles. The number of methoxy groups -OCH3 is 1. The molecule has 1 saturated carbocycles. The minimum Gasteiger partial charge on any atom is -0.493 e. The highest BCUT2D eigenvalue weighted by Crippen LogP contribution is 2.33. The lowest BCUT2D eigenvalue weighted by Crippen LogP contribution is -2.26. The Kier molecular flexibility index (Phi) is 5.69. The van der Waals surface area contributed by atoms with Gasteiger partial charge in [-0.25, -0.2) is 4.79 Å². The molecule has 0 bridgehead atoms. The van der Waals surface area contributed by atoms with Crippen molar-refractivity contribution in [1.29, 1.82) is 0 Å². The largest absolute Gasteiger partial charge is 0.493 e. The predicted octanol–water partition coefficient (Wildman–Crippen LogP) is 3.80. The SMILES string of the molecule is COc1cc(C(C)NC(=O)c2ccc(C(=O)O)o2)ccc1OC1CCCC1. The molecule has 1 atom stereocenters. The van der Waals surface area contributed by atoms with Gasteiger partial charge in [0.1, 0.15) is 0 Å². The van der Waals surface area contributed by atoms with Crippen LogP contribution < -0.4 is 14.8 Å². The van der Waals surface area contributed by atoms with Crippen LogP contribution in [0, 0.1) is 0 Å². The third kappa shape index (κ3) is 4.42. The molecule has 1 aliphatic carbocycles. The van der Waals surface area contributed by atoms with Gasteiger partial charge in [-0.15, -0.1) is 0 Å². The van der Waals surface area contributed by atoms with Gasteiger partial charge in [0.25, 0.3) is 5.91 Å². The van der Waals surface area contributed by atoms with Crippen LogP contribution in [0.4, 0.5) is 0 Å². The predicted molar refractivity (Wildman–Crippen MR) is 97.4 cm³/mol. The van der Waals surface area contributed by atoms with E-state index in [-0.39, 0.29) is 23.7 Å². The molecule has 144 valence electrons. The van der Waals surface area contributed by atoms with Gasteiger partial charge in [-0.1, -0.05) is 6.07 Å². The molecule has 1 aliphatic rings. The van der Waals surface area contributed by atoms with Crippen molar-refractivity contribution >= 4 is 11.9 Å². The summed E-state index contributed by atoms with van der Waals surface area (Å²) in [4.78, 5) is 23.1. The number of nitrogens with one attached hydrogen (secondary N) is 1. The van der Waals surface area contributed by atoms with Crippen molar-refractivity contribution in [2.24, 2.45) is 0 Å². The van der Waals surface area contributed by atoms with Crippen LogP contribution in [0.5, 0.6) is 11.5 Å². The number of hydrogen-bond acceptors (Lipinski definition) is 5. The minimum atomic E-state index is -1.22. The van der Waals surface area contributed by atoms with Gasteiger partial charge in [0.15, 0.2) is 17.3 Å². The van der Waals surface area contributed by atoms with Crippen LogP contribution in [0.25, 0.3) is 0 Å². The van der Waals surface area contributed by atoms with E-state index in [4.69, 9.17) is 19.0 Å². The van der Waals surface area contributed by atoms with Gasteiger partial charge in [-0.3, -0.25) is 4.79 Å². The summed E-state index contributed by atoms with van der Waals surface area (Å²) in [5, 5.41) is 11.7. The maximum atomic E-state index is 12.3. The second-order valence-corrected chi connectivity index (χ2v) is 6.60. The Morgan fingerprint density at radius 1 is 1.15 bits per heavy atom. The van der Waals surface area contributed by atoms with Crippen LogP contribution in [0.1, 0.15) is 65.3 Å². The fourth-order valence-corrected chi connectivity index (χ4v) is 3.16. The van der Waals surface area contributed by atoms with E-state index in [2.05, 4.69) is 5.32 Å². The number of carbonyl (C=O) groups excluding carboxylic acids is 1. The van der Waals surface area contributed by atoms with E-state index >= 15 is 0 Å². The Hall–Kier alpha value is -2.96. The molecule has 3 rings (SSSR count). The molecule has 7 nitrogen and oxygen atoms in total. The normalized spacial score (nSPS) is 15.3. The third-order valence-corrected chi connectivity index (χ3v) is 4.67. The average molecular weight is 373 g/mol. The summed E-state index contributed by atoms with van der Waals surface area (Å²) in [6.45, 7) is 1.82. The zero-order valence-corrected chi connectivity index (χ0v) is 15.4. The van der Waals surface area contributed by atoms with Gasteiger partial charge >= 0.3 is 5.97 Å². The van der Waals surface area contributed by atoms with E-state index in [9.17, 15) is 9.59 Å². The van der Waals surface area contributed by atoms with Crippen molar-refractivity contribution in [1.82, 2.24) is 5.32 Å². The highest BCUT2D eigenvalue weighted by Gasteiger charge is 2.21. The van der Waals surface area contributed by atoms with Gasteiger partial charge in [0, 0.05) is 0 Å². The molecular formula is C20H23NO6. The second kappa shape index (κ2) is 8.16. The Balaban J connectivity index is 1.68. The molecule has 2 aromatic rings. The molecule has 1 aromatic carbocycles. The maximum Gasteiger partial charge on any atom is 0.371 e. The van der Waals surface area contributed by atoms with Crippen molar-refractivity contribution in [3.8, 4) is 11.5 Å². The first-order valence-electron chi connectivity index (χ1n) is 8.96. The number of hydrogen-bond donors (Lipinski definition) is 2. The maximum absolute atomic E-state index is 12.3. The Morgan fingerprint density at radius 3 is 2.48 bits per heavy atom. The fraction of sp³-hybridized carbons (Fsp3) is 0.400. The summed E-state index contributed by atoms with van der Waals surface area (Å²) in [5.74, 6) is -0.712. The molecule has 1 unspecified atom stereocenters. The van der Waals surface area contributed by atoms with E-state index in [0.29, 0.717) is 11.5 Å². The van der Waals surface area contributed by atoms with Crippen molar-refractivity contribution in [2.45, 2.75) is 44.8 Å². The lowest BCUT2D eigenvalue weighted by atomic mass is 10.1. The highest BCUT2D eigenvalue weighted by molar-refractivity contribution is 5.93. The van der Waals surface area contributed by atoms with E-state index in [1.54, 1.807) is 7.11 Å². The van der Waals surface area contributed by atoms with E-state index in [1.807, 2.05) is 25.1 Å². The molecule has 0 saturated heterocycles. The molecule has 0 radical (unpaired) electrons. The molecule has 0 spiro atoms. The van der Waals surface area contributed by atoms with Crippen LogP contribution in [-0.4, -0.2) is 30.2 Å². The summed E-state index contributed by atoms with van der Waals surface area (Å²) >= 11 is 0. The van der Waals surface area contributed by atoms with E-state index in [0.717, 1.165) is 18.4 Å². The number of aromatic carboxylic acids is 1. The number of rotatable bonds is 7. The van der Waals surface area contributed by atoms with Gasteiger partial charge in [0.2, 0.25) is 5.76 Å². The van der Waals surface area contributed by atoms with Crippen LogP contribution in [0.3, 0.4) is 0 Å². The summed E-state index contributed by atoms with van der Waals surface area (Å²) in [6, 6.07) is 7.82. The molecule has 1 heterocycles. The van der Waals surface area contributed by atoms with E-state index < -0.39 is 11.9 Å². The number of carboxylic acids is 1. The zero-order valence-electron chi connectivity index (χ0n) is 15.4. The Morgan fingerprint density at radius 2 is 1.85 bits per heavy atom. The fourth-order valence-electron chi connectivity index (χ4n) is 3.16. The number of carbonyl (C=O) groups is 2. The van der Waals surface area contributed by atoms with Crippen LogP contribution >= 0.6 is 0 Å². The first-order chi connectivity index (χ1) is 13.0. The van der Waals surface area contributed by atoms with Gasteiger partial charge in [0.05, 0.1) is 19.3 Å². The molecule has 1 fully saturated rings. The monoisotopic (exact) mass is 373 g/mol. The highest BCUT2D eigenvalue weighted by atomic mass is 16.5. The Bertz CT molecular complexity index is 822. The van der Waals surface area contributed by atoms with Gasteiger partial charge in [-0.05, 0) is 62.4 Å². The third-order valence-electron chi connectivity index (χ3n) is 4.67. The topological polar surface area (TPSA) is 98.0 Å². The average Bonchev–Trinajstić information content (AvgIpc) is 3.33. The molecule has 1 aromatic heterocycles. The molecule has 7 heteroatoms. The summed E-state index contributed by atoms with van der Waals surface area (Å²) < 4.78 is 16.5. The summed E-state index contributed by atoms with van der Waals surface area (Å²) in [6.07, 6.45) is 4.71. The minimum absolute atomic E-state index is 0.0487. The molecule has 2 N–H and O–H groups in total. The van der Waals surface area contributed by atoms with E-state index in [1.165, 1.54) is 25.0 Å². The van der Waals surface area contributed by atoms with Crippen molar-refractivity contribution in [2.75, 3.05) is 7.11 Å². The van der Waals surface area contributed by atoms with Crippen LogP contribution in [-0.2, 0) is 0 Å². The van der Waals surface area contributed by atoms with Gasteiger partial charge in [-0.2, -0.15) is 0 Å². The lowest BCUT2D eigenvalue weighted by Gasteiger charge is -2.19. The molecule has 27 heavy (non-hydrogen) atoms. The number of amides is 1. The van der Waals surface area contributed by atoms with Crippen molar-refractivity contribution in [3.05, 3.63) is 47.4 Å². The molecular weight excluding hydrogens is 350 g/mol.